The van der Waals surface area contributed by atoms with Crippen molar-refractivity contribution >= 4 is 0 Å². The van der Waals surface area contributed by atoms with E-state index in [2.05, 4.69) is 0 Å². The van der Waals surface area contributed by atoms with Gasteiger partial charge in [-0.3, -0.25) is 0 Å². The Hall–Kier alpha value is 0. The molecular weight excluding hydrogens is 168 g/mol. The third-order valence-electron chi connectivity index (χ3n) is 6.72. The summed E-state index contributed by atoms with van der Waals surface area (Å²) in [6, 6.07) is 0. The van der Waals surface area contributed by atoms with Crippen LogP contribution >= 0.6 is 0 Å². The Morgan fingerprint density at radius 3 is 1.71 bits per heavy atom. The summed E-state index contributed by atoms with van der Waals surface area (Å²) in [6.07, 6.45) is 16.0. The highest BCUT2D eigenvalue weighted by Crippen LogP contribution is 2.77. The van der Waals surface area contributed by atoms with Crippen LogP contribution in [0.25, 0.3) is 0 Å². The van der Waals surface area contributed by atoms with Gasteiger partial charge in [0, 0.05) is 0 Å². The minimum Gasteiger partial charge on any atom is -0.0525 e. The molecular formula is C14H22. The van der Waals surface area contributed by atoms with E-state index in [9.17, 15) is 0 Å². The zero-order valence-electron chi connectivity index (χ0n) is 9.23. The van der Waals surface area contributed by atoms with Crippen molar-refractivity contribution in [3.63, 3.8) is 0 Å². The van der Waals surface area contributed by atoms with Crippen LogP contribution in [0.5, 0.6) is 0 Å². The number of hydrogen-bond acceptors (Lipinski definition) is 0. The molecule has 0 aromatic carbocycles. The molecule has 0 aromatic rings. The molecule has 4 atom stereocenters. The molecule has 0 heterocycles. The van der Waals surface area contributed by atoms with Crippen LogP contribution in [0, 0.1) is 22.7 Å². The SMILES string of the molecule is C1CC2CC3CCCC34CCCC24C1. The van der Waals surface area contributed by atoms with E-state index in [0.29, 0.717) is 0 Å². The zero-order valence-corrected chi connectivity index (χ0v) is 9.23. The van der Waals surface area contributed by atoms with Crippen LogP contribution in [0.1, 0.15) is 64.2 Å². The van der Waals surface area contributed by atoms with Crippen molar-refractivity contribution in [1.29, 1.82) is 0 Å². The molecule has 4 saturated carbocycles. The van der Waals surface area contributed by atoms with Crippen molar-refractivity contribution in [2.75, 3.05) is 0 Å². The highest BCUT2D eigenvalue weighted by atomic mass is 14.7. The average Bonchev–Trinajstić information content (AvgIpc) is 2.82. The standard InChI is InChI=1S/C14H22/c1-4-11-10-12-5-2-7-14(12)9-3-8-13(11,14)6-1/h11-12H,1-10H2. The summed E-state index contributed by atoms with van der Waals surface area (Å²) < 4.78 is 0. The summed E-state index contributed by atoms with van der Waals surface area (Å²) in [5.41, 5.74) is 1.79. The van der Waals surface area contributed by atoms with E-state index in [1.807, 2.05) is 0 Å². The molecule has 4 aliphatic rings. The monoisotopic (exact) mass is 190 g/mol. The molecule has 14 heavy (non-hydrogen) atoms. The third kappa shape index (κ3) is 0.657. The summed E-state index contributed by atoms with van der Waals surface area (Å²) in [5.74, 6) is 2.35. The summed E-state index contributed by atoms with van der Waals surface area (Å²) in [5, 5.41) is 0. The number of rotatable bonds is 0. The second-order valence-corrected chi connectivity index (χ2v) is 6.58. The van der Waals surface area contributed by atoms with Gasteiger partial charge in [0.2, 0.25) is 0 Å². The lowest BCUT2D eigenvalue weighted by Crippen LogP contribution is -2.34. The van der Waals surface area contributed by atoms with E-state index >= 15 is 0 Å². The Morgan fingerprint density at radius 2 is 1.14 bits per heavy atom. The van der Waals surface area contributed by atoms with Gasteiger partial charge in [-0.2, -0.15) is 0 Å². The topological polar surface area (TPSA) is 0 Å². The van der Waals surface area contributed by atoms with E-state index in [1.165, 1.54) is 11.8 Å². The minimum atomic E-state index is 0.897. The number of hydrogen-bond donors (Lipinski definition) is 0. The molecule has 0 bridgehead atoms. The predicted molar refractivity (Wildman–Crippen MR) is 58.0 cm³/mol. The van der Waals surface area contributed by atoms with E-state index in [0.717, 1.165) is 10.8 Å². The minimum absolute atomic E-state index is 0.897. The summed E-state index contributed by atoms with van der Waals surface area (Å²) in [4.78, 5) is 0. The fourth-order valence-corrected chi connectivity index (χ4v) is 6.51. The maximum atomic E-state index is 1.64. The lowest BCUT2D eigenvalue weighted by molar-refractivity contribution is 0.0728. The average molecular weight is 190 g/mol. The van der Waals surface area contributed by atoms with Crippen LogP contribution in [0.4, 0.5) is 0 Å². The molecule has 0 heteroatoms. The van der Waals surface area contributed by atoms with Crippen LogP contribution < -0.4 is 0 Å². The molecule has 0 aliphatic heterocycles. The Bertz CT molecular complexity index is 235. The lowest BCUT2D eigenvalue weighted by atomic mass is 9.63. The van der Waals surface area contributed by atoms with Crippen LogP contribution in [-0.4, -0.2) is 0 Å². The van der Waals surface area contributed by atoms with Crippen molar-refractivity contribution in [2.24, 2.45) is 22.7 Å². The van der Waals surface area contributed by atoms with Gasteiger partial charge >= 0.3 is 0 Å². The van der Waals surface area contributed by atoms with Gasteiger partial charge in [-0.1, -0.05) is 19.3 Å². The smallest absolute Gasteiger partial charge is 0.0210 e. The largest absolute Gasteiger partial charge is 0.0525 e. The van der Waals surface area contributed by atoms with Crippen molar-refractivity contribution in [3.8, 4) is 0 Å². The Morgan fingerprint density at radius 1 is 0.643 bits per heavy atom. The van der Waals surface area contributed by atoms with Crippen molar-refractivity contribution in [3.05, 3.63) is 0 Å². The van der Waals surface area contributed by atoms with Gasteiger partial charge in [0.25, 0.3) is 0 Å². The van der Waals surface area contributed by atoms with Gasteiger partial charge in [-0.25, -0.2) is 0 Å². The molecule has 0 aromatic heterocycles. The van der Waals surface area contributed by atoms with Crippen molar-refractivity contribution in [2.45, 2.75) is 64.2 Å². The first kappa shape index (κ1) is 8.19. The molecule has 78 valence electrons. The Kier molecular flexibility index (Phi) is 1.40. The second-order valence-electron chi connectivity index (χ2n) is 6.58. The van der Waals surface area contributed by atoms with Gasteiger partial charge in [-0.05, 0) is 67.6 Å². The van der Waals surface area contributed by atoms with E-state index < -0.39 is 0 Å². The first-order chi connectivity index (χ1) is 6.87. The molecule has 0 saturated heterocycles. The molecule has 0 nitrogen and oxygen atoms in total. The fourth-order valence-electron chi connectivity index (χ4n) is 6.51. The first-order valence-corrected chi connectivity index (χ1v) is 6.87. The Balaban J connectivity index is 1.86. The second kappa shape index (κ2) is 2.39. The van der Waals surface area contributed by atoms with E-state index in [-0.39, 0.29) is 0 Å². The van der Waals surface area contributed by atoms with Crippen LogP contribution in [0.15, 0.2) is 0 Å². The molecule has 4 unspecified atom stereocenters. The van der Waals surface area contributed by atoms with Crippen LogP contribution in [-0.2, 0) is 0 Å². The molecule has 4 fully saturated rings. The quantitative estimate of drug-likeness (QED) is 0.538. The van der Waals surface area contributed by atoms with E-state index in [1.54, 1.807) is 64.2 Å². The van der Waals surface area contributed by atoms with Gasteiger partial charge < -0.3 is 0 Å². The molecule has 0 N–H and O–H groups in total. The first-order valence-electron chi connectivity index (χ1n) is 6.87. The molecule has 0 amide bonds. The molecule has 4 aliphatic carbocycles. The Labute approximate surface area is 87.5 Å². The van der Waals surface area contributed by atoms with Gasteiger partial charge in [0.15, 0.2) is 0 Å². The summed E-state index contributed by atoms with van der Waals surface area (Å²) in [6.45, 7) is 0. The predicted octanol–water partition coefficient (Wildman–Crippen LogP) is 4.15. The zero-order chi connectivity index (χ0) is 9.23. The highest BCUT2D eigenvalue weighted by molar-refractivity contribution is 5.17. The molecule has 0 radical (unpaired) electrons. The van der Waals surface area contributed by atoms with Gasteiger partial charge in [0.1, 0.15) is 0 Å². The normalized spacial score (nSPS) is 60.0. The summed E-state index contributed by atoms with van der Waals surface area (Å²) in [7, 11) is 0. The fraction of sp³-hybridized carbons (Fsp3) is 1.00. The van der Waals surface area contributed by atoms with Gasteiger partial charge in [-0.15, -0.1) is 0 Å². The van der Waals surface area contributed by atoms with Crippen molar-refractivity contribution in [1.82, 2.24) is 0 Å². The highest BCUT2D eigenvalue weighted by Gasteiger charge is 2.68. The molecule has 2 spiro atoms. The van der Waals surface area contributed by atoms with Crippen LogP contribution in [0.2, 0.25) is 0 Å². The van der Waals surface area contributed by atoms with Crippen LogP contribution in [0.3, 0.4) is 0 Å². The van der Waals surface area contributed by atoms with E-state index in [4.69, 9.17) is 0 Å². The maximum Gasteiger partial charge on any atom is -0.0210 e. The molecule has 4 rings (SSSR count). The lowest BCUT2D eigenvalue weighted by Gasteiger charge is -2.41. The van der Waals surface area contributed by atoms with Crippen molar-refractivity contribution < 1.29 is 0 Å². The maximum absolute atomic E-state index is 1.64. The van der Waals surface area contributed by atoms with Gasteiger partial charge in [0.05, 0.1) is 0 Å². The summed E-state index contributed by atoms with van der Waals surface area (Å²) >= 11 is 0. The third-order valence-corrected chi connectivity index (χ3v) is 6.72.